The van der Waals surface area contributed by atoms with Gasteiger partial charge in [-0.1, -0.05) is 35.3 Å². The number of hydrogen-bond acceptors (Lipinski definition) is 3. The molecule has 1 amide bonds. The lowest BCUT2D eigenvalue weighted by Crippen LogP contribution is -2.30. The van der Waals surface area contributed by atoms with Crippen LogP contribution in [0.2, 0.25) is 10.0 Å². The highest BCUT2D eigenvalue weighted by atomic mass is 35.5. The Hall–Kier alpha value is -3.70. The van der Waals surface area contributed by atoms with Crippen LogP contribution in [0.25, 0.3) is 11.3 Å². The van der Waals surface area contributed by atoms with E-state index < -0.39 is 40.3 Å². The van der Waals surface area contributed by atoms with Gasteiger partial charge in [-0.05, 0) is 54.1 Å². The molecule has 198 valence electrons. The maximum absolute atomic E-state index is 13.4. The second kappa shape index (κ2) is 10.2. The minimum Gasteiger partial charge on any atom is -0.507 e. The third-order valence-corrected chi connectivity index (χ3v) is 6.04. The molecule has 0 unspecified atom stereocenters. The molecular formula is C25H15Cl2F6N3O2. The first-order valence-electron chi connectivity index (χ1n) is 10.6. The van der Waals surface area contributed by atoms with E-state index in [0.717, 1.165) is 24.3 Å². The molecule has 5 nitrogen and oxygen atoms in total. The largest absolute Gasteiger partial charge is 0.507 e. The highest BCUT2D eigenvalue weighted by Crippen LogP contribution is 2.37. The molecule has 13 heteroatoms. The van der Waals surface area contributed by atoms with Crippen molar-refractivity contribution in [1.29, 1.82) is 0 Å². The Morgan fingerprint density at radius 1 is 0.895 bits per heavy atom. The maximum atomic E-state index is 13.4. The number of alkyl halides is 6. The van der Waals surface area contributed by atoms with Gasteiger partial charge in [0.2, 0.25) is 0 Å². The highest BCUT2D eigenvalue weighted by molar-refractivity contribution is 6.32. The predicted molar refractivity (Wildman–Crippen MR) is 129 cm³/mol. The number of carbonyl (C=O) groups excluding carboxylic acids is 1. The van der Waals surface area contributed by atoms with Gasteiger partial charge in [0, 0.05) is 27.9 Å². The number of hydrogen-bond donors (Lipinski definition) is 2. The van der Waals surface area contributed by atoms with Crippen LogP contribution in [0.15, 0.2) is 66.7 Å². The number of H-pyrrole nitrogens is 1. The van der Waals surface area contributed by atoms with Crippen LogP contribution in [0.3, 0.4) is 0 Å². The molecule has 0 saturated carbocycles. The summed E-state index contributed by atoms with van der Waals surface area (Å²) in [5, 5.41) is 15.8. The molecule has 0 bridgehead atoms. The van der Waals surface area contributed by atoms with Crippen LogP contribution in [-0.2, 0) is 18.9 Å². The first kappa shape index (κ1) is 27.3. The van der Waals surface area contributed by atoms with Crippen LogP contribution in [-0.4, -0.2) is 21.2 Å². The third-order valence-electron chi connectivity index (χ3n) is 5.47. The average Bonchev–Trinajstić information content (AvgIpc) is 3.33. The van der Waals surface area contributed by atoms with E-state index in [9.17, 15) is 36.2 Å². The van der Waals surface area contributed by atoms with Gasteiger partial charge in [0.1, 0.15) is 5.75 Å². The number of aromatic hydroxyl groups is 1. The molecule has 0 aliphatic carbocycles. The molecule has 38 heavy (non-hydrogen) atoms. The summed E-state index contributed by atoms with van der Waals surface area (Å²) in [6.45, 7) is -0.0876. The maximum Gasteiger partial charge on any atom is 0.435 e. The fraction of sp³-hybridized carbons (Fsp3) is 0.120. The van der Waals surface area contributed by atoms with E-state index in [4.69, 9.17) is 23.2 Å². The molecule has 1 aromatic heterocycles. The van der Waals surface area contributed by atoms with Gasteiger partial charge in [-0.15, -0.1) is 0 Å². The van der Waals surface area contributed by atoms with Crippen molar-refractivity contribution in [2.75, 3.05) is 4.90 Å². The van der Waals surface area contributed by atoms with Crippen molar-refractivity contribution in [3.63, 3.8) is 0 Å². The van der Waals surface area contributed by atoms with Crippen LogP contribution in [0.5, 0.6) is 5.75 Å². The number of carbonyl (C=O) groups is 1. The van der Waals surface area contributed by atoms with Crippen molar-refractivity contribution in [1.82, 2.24) is 10.2 Å². The number of phenolic OH excluding ortho intramolecular Hbond substituents is 1. The van der Waals surface area contributed by atoms with E-state index in [0.29, 0.717) is 16.7 Å². The van der Waals surface area contributed by atoms with Crippen molar-refractivity contribution in [2.45, 2.75) is 18.9 Å². The lowest BCUT2D eigenvalue weighted by Gasteiger charge is -2.24. The summed E-state index contributed by atoms with van der Waals surface area (Å²) in [5.74, 6) is -1.22. The molecule has 0 aliphatic heterocycles. The third kappa shape index (κ3) is 5.89. The Labute approximate surface area is 221 Å². The fourth-order valence-electron chi connectivity index (χ4n) is 3.61. The minimum absolute atomic E-state index is 0.0202. The smallest absolute Gasteiger partial charge is 0.435 e. The lowest BCUT2D eigenvalue weighted by atomic mass is 10.1. The van der Waals surface area contributed by atoms with Crippen molar-refractivity contribution in [3.05, 3.63) is 99.2 Å². The summed E-state index contributed by atoms with van der Waals surface area (Å²) >= 11 is 11.7. The normalized spacial score (nSPS) is 12.0. The summed E-state index contributed by atoms with van der Waals surface area (Å²) in [4.78, 5) is 14.6. The number of rotatable bonds is 5. The summed E-state index contributed by atoms with van der Waals surface area (Å²) in [6, 6.07) is 13.5. The second-order valence-electron chi connectivity index (χ2n) is 8.08. The number of aromatic nitrogens is 2. The van der Waals surface area contributed by atoms with E-state index in [1.165, 1.54) is 17.0 Å². The van der Waals surface area contributed by atoms with Crippen molar-refractivity contribution in [2.24, 2.45) is 0 Å². The Kier molecular flexibility index (Phi) is 7.35. The molecule has 0 radical (unpaired) electrons. The molecule has 1 heterocycles. The van der Waals surface area contributed by atoms with Crippen LogP contribution in [0.1, 0.15) is 27.2 Å². The van der Waals surface area contributed by atoms with Crippen molar-refractivity contribution in [3.8, 4) is 17.0 Å². The van der Waals surface area contributed by atoms with E-state index in [1.54, 1.807) is 24.3 Å². The number of halogens is 8. The van der Waals surface area contributed by atoms with Gasteiger partial charge >= 0.3 is 12.4 Å². The number of benzene rings is 3. The monoisotopic (exact) mass is 573 g/mol. The van der Waals surface area contributed by atoms with E-state index in [1.807, 2.05) is 0 Å². The number of nitrogens with one attached hydrogen (secondary N) is 1. The predicted octanol–water partition coefficient (Wildman–Crippen LogP) is 7.97. The van der Waals surface area contributed by atoms with Crippen LogP contribution < -0.4 is 4.90 Å². The molecule has 0 atom stereocenters. The second-order valence-corrected chi connectivity index (χ2v) is 8.92. The molecule has 0 fully saturated rings. The zero-order valence-corrected chi connectivity index (χ0v) is 20.3. The highest BCUT2D eigenvalue weighted by Gasteiger charge is 2.35. The van der Waals surface area contributed by atoms with Crippen molar-refractivity contribution >= 4 is 34.8 Å². The topological polar surface area (TPSA) is 69.2 Å². The Morgan fingerprint density at radius 3 is 2.13 bits per heavy atom. The number of aromatic amines is 1. The summed E-state index contributed by atoms with van der Waals surface area (Å²) in [5.41, 5.74) is -1.90. The number of nitrogens with zero attached hydrogens (tertiary/aromatic N) is 2. The van der Waals surface area contributed by atoms with Crippen LogP contribution in [0.4, 0.5) is 32.0 Å². The standard InChI is InChI=1S/C25H15Cl2F6N3O2/c26-15-4-1-13(2-5-15)12-36(23(38)14-3-8-18(19(27)9-14)24(28,29)30)16-6-7-17(21(37)10-16)20-11-22(35-34-20)25(31,32)33/h1-11,37H,12H2,(H,34,35). The summed E-state index contributed by atoms with van der Waals surface area (Å²) < 4.78 is 78.1. The zero-order valence-electron chi connectivity index (χ0n) is 18.8. The average molecular weight is 574 g/mol. The zero-order chi connectivity index (χ0) is 27.8. The quantitative estimate of drug-likeness (QED) is 0.238. The van der Waals surface area contributed by atoms with E-state index in [2.05, 4.69) is 10.2 Å². The van der Waals surface area contributed by atoms with Gasteiger partial charge in [-0.2, -0.15) is 31.4 Å². The van der Waals surface area contributed by atoms with Gasteiger partial charge < -0.3 is 10.0 Å². The molecule has 4 aromatic rings. The number of phenols is 1. The van der Waals surface area contributed by atoms with Gasteiger partial charge in [0.25, 0.3) is 5.91 Å². The van der Waals surface area contributed by atoms with Crippen LogP contribution in [0, 0.1) is 0 Å². The molecule has 3 aromatic carbocycles. The first-order valence-corrected chi connectivity index (χ1v) is 11.4. The molecule has 0 spiro atoms. The molecule has 4 rings (SSSR count). The fourth-order valence-corrected chi connectivity index (χ4v) is 4.02. The van der Waals surface area contributed by atoms with Gasteiger partial charge in [0.15, 0.2) is 5.69 Å². The SMILES string of the molecule is O=C(c1ccc(C(F)(F)F)c(Cl)c1)N(Cc1ccc(Cl)cc1)c1ccc(-c2cc(C(F)(F)F)n[nH]2)c(O)c1. The lowest BCUT2D eigenvalue weighted by molar-refractivity contribution is -0.141. The summed E-state index contributed by atoms with van der Waals surface area (Å²) in [6.07, 6.45) is -9.42. The Morgan fingerprint density at radius 2 is 1.58 bits per heavy atom. The first-order chi connectivity index (χ1) is 17.7. The molecular weight excluding hydrogens is 559 g/mol. The van der Waals surface area contributed by atoms with Gasteiger partial charge in [-0.25, -0.2) is 0 Å². The number of anilines is 1. The molecule has 0 aliphatic rings. The number of amides is 1. The van der Waals surface area contributed by atoms with Gasteiger partial charge in [0.05, 0.1) is 22.8 Å². The van der Waals surface area contributed by atoms with E-state index >= 15 is 0 Å². The van der Waals surface area contributed by atoms with Crippen LogP contribution >= 0.6 is 23.2 Å². The summed E-state index contributed by atoms with van der Waals surface area (Å²) in [7, 11) is 0. The minimum atomic E-state index is -4.72. The Balaban J connectivity index is 1.73. The van der Waals surface area contributed by atoms with Crippen molar-refractivity contribution < 1.29 is 36.2 Å². The van der Waals surface area contributed by atoms with Gasteiger partial charge in [-0.3, -0.25) is 9.89 Å². The molecule has 0 saturated heterocycles. The Bertz CT molecular complexity index is 1480. The molecule has 2 N–H and O–H groups in total. The van der Waals surface area contributed by atoms with E-state index in [-0.39, 0.29) is 29.1 Å².